The molecule has 0 aliphatic heterocycles. The molecule has 0 saturated heterocycles. The van der Waals surface area contributed by atoms with Crippen LogP contribution in [0.5, 0.6) is 5.75 Å². The Labute approximate surface area is 109 Å². The third-order valence-corrected chi connectivity index (χ3v) is 2.62. The van der Waals surface area contributed by atoms with Gasteiger partial charge in [-0.2, -0.15) is 0 Å². The molecule has 0 bridgehead atoms. The first-order valence-corrected chi connectivity index (χ1v) is 5.55. The van der Waals surface area contributed by atoms with Gasteiger partial charge in [-0.05, 0) is 30.3 Å². The van der Waals surface area contributed by atoms with Crippen molar-refractivity contribution in [2.75, 3.05) is 0 Å². The van der Waals surface area contributed by atoms with Gasteiger partial charge in [-0.1, -0.05) is 18.2 Å². The molecule has 1 N–H and O–H groups in total. The van der Waals surface area contributed by atoms with Gasteiger partial charge >= 0.3 is 0 Å². The monoisotopic (exact) mass is 254 g/mol. The molecule has 0 atom stereocenters. The molecule has 2 aromatic carbocycles. The van der Waals surface area contributed by atoms with E-state index < -0.39 is 11.6 Å². The number of hydrogen-bond acceptors (Lipinski definition) is 4. The quantitative estimate of drug-likeness (QED) is 0.516. The highest BCUT2D eigenvalue weighted by Crippen LogP contribution is 2.13. The Kier molecular flexibility index (Phi) is 3.52. The van der Waals surface area contributed by atoms with Crippen LogP contribution < -0.4 is 0 Å². The smallest absolute Gasteiger partial charge is 0.233 e. The summed E-state index contributed by atoms with van der Waals surface area (Å²) in [6, 6.07) is 11.4. The zero-order valence-electron chi connectivity index (χ0n) is 9.87. The lowest BCUT2D eigenvalue weighted by Crippen LogP contribution is -2.14. The van der Waals surface area contributed by atoms with E-state index in [2.05, 4.69) is 0 Å². The van der Waals surface area contributed by atoms with Crippen LogP contribution >= 0.6 is 0 Å². The normalized spacial score (nSPS) is 9.89. The summed E-state index contributed by atoms with van der Waals surface area (Å²) < 4.78 is 0. The Hall–Kier alpha value is -2.75. The maximum absolute atomic E-state index is 12.0. The summed E-state index contributed by atoms with van der Waals surface area (Å²) in [5.41, 5.74) is 0.700. The van der Waals surface area contributed by atoms with Crippen LogP contribution in [0.1, 0.15) is 31.1 Å². The summed E-state index contributed by atoms with van der Waals surface area (Å²) in [6.45, 7) is 0. The molecule has 0 aromatic heterocycles. The number of ketones is 2. The maximum Gasteiger partial charge on any atom is 0.233 e. The summed E-state index contributed by atoms with van der Waals surface area (Å²) in [6.07, 6.45) is 0.613. The molecule has 94 valence electrons. The zero-order chi connectivity index (χ0) is 13.8. The number of phenolic OH excluding ortho intramolecular Hbond substituents is 1. The lowest BCUT2D eigenvalue weighted by molar-refractivity contribution is 0.0817. The van der Waals surface area contributed by atoms with Crippen LogP contribution in [-0.4, -0.2) is 23.0 Å². The van der Waals surface area contributed by atoms with Crippen LogP contribution in [0.15, 0.2) is 48.5 Å². The number of aldehydes is 1. The maximum atomic E-state index is 12.0. The Balaban J connectivity index is 2.30. The molecule has 4 nitrogen and oxygen atoms in total. The molecule has 4 heteroatoms. The highest BCUT2D eigenvalue weighted by molar-refractivity contribution is 6.49. The van der Waals surface area contributed by atoms with Crippen LogP contribution in [0.2, 0.25) is 0 Å². The summed E-state index contributed by atoms with van der Waals surface area (Å²) in [5, 5.41) is 9.13. The minimum absolute atomic E-state index is 0.0203. The molecule has 0 aliphatic rings. The minimum atomic E-state index is -0.686. The second-order valence-corrected chi connectivity index (χ2v) is 3.95. The number of carbonyl (C=O) groups is 3. The summed E-state index contributed by atoms with van der Waals surface area (Å²) in [5.74, 6) is -1.34. The van der Waals surface area contributed by atoms with Crippen molar-refractivity contribution in [3.8, 4) is 5.75 Å². The first-order valence-electron chi connectivity index (χ1n) is 5.55. The number of phenols is 1. The second-order valence-electron chi connectivity index (χ2n) is 3.95. The number of aromatic hydroxyl groups is 1. The average Bonchev–Trinajstić information content (AvgIpc) is 2.46. The van der Waals surface area contributed by atoms with Gasteiger partial charge in [-0.3, -0.25) is 14.4 Å². The standard InChI is InChI=1S/C15H10O4/c16-9-10-2-1-3-12(8-10)15(19)14(18)11-4-6-13(17)7-5-11/h1-9,17H. The first kappa shape index (κ1) is 12.7. The van der Waals surface area contributed by atoms with E-state index in [0.29, 0.717) is 11.8 Å². The fourth-order valence-electron chi connectivity index (χ4n) is 1.63. The van der Waals surface area contributed by atoms with Crippen LogP contribution in [0.25, 0.3) is 0 Å². The van der Waals surface area contributed by atoms with Gasteiger partial charge in [0.2, 0.25) is 11.6 Å². The van der Waals surface area contributed by atoms with E-state index in [-0.39, 0.29) is 16.9 Å². The molecular weight excluding hydrogens is 244 g/mol. The average molecular weight is 254 g/mol. The van der Waals surface area contributed by atoms with Crippen LogP contribution in [0, 0.1) is 0 Å². The summed E-state index contributed by atoms with van der Waals surface area (Å²) in [4.78, 5) is 34.5. The first-order chi connectivity index (χ1) is 9.11. The summed E-state index contributed by atoms with van der Waals surface area (Å²) >= 11 is 0. The molecule has 0 radical (unpaired) electrons. The molecule has 0 spiro atoms. The molecule has 0 saturated carbocycles. The molecular formula is C15H10O4. The third kappa shape index (κ3) is 2.74. The number of carbonyl (C=O) groups excluding carboxylic acids is 3. The summed E-state index contributed by atoms with van der Waals surface area (Å²) in [7, 11) is 0. The fourth-order valence-corrected chi connectivity index (χ4v) is 1.63. The van der Waals surface area contributed by atoms with E-state index in [0.717, 1.165) is 0 Å². The number of Topliss-reactive ketones (excluding diaryl/α,β-unsaturated/α-hetero) is 2. The second kappa shape index (κ2) is 5.27. The molecule has 2 rings (SSSR count). The molecule has 0 fully saturated rings. The van der Waals surface area contributed by atoms with Crippen LogP contribution in [-0.2, 0) is 0 Å². The van der Waals surface area contributed by atoms with E-state index in [9.17, 15) is 14.4 Å². The van der Waals surface area contributed by atoms with Crippen molar-refractivity contribution in [3.05, 3.63) is 65.2 Å². The largest absolute Gasteiger partial charge is 0.508 e. The van der Waals surface area contributed by atoms with Gasteiger partial charge in [-0.25, -0.2) is 0 Å². The van der Waals surface area contributed by atoms with Crippen molar-refractivity contribution in [2.24, 2.45) is 0 Å². The van der Waals surface area contributed by atoms with E-state index in [4.69, 9.17) is 5.11 Å². The highest BCUT2D eigenvalue weighted by atomic mass is 16.3. The van der Waals surface area contributed by atoms with Crippen LogP contribution in [0.4, 0.5) is 0 Å². The fraction of sp³-hybridized carbons (Fsp3) is 0. The highest BCUT2D eigenvalue weighted by Gasteiger charge is 2.18. The SMILES string of the molecule is O=Cc1cccc(C(=O)C(=O)c2ccc(O)cc2)c1. The number of hydrogen-bond donors (Lipinski definition) is 1. The Morgan fingerprint density at radius 3 is 2.16 bits per heavy atom. The van der Waals surface area contributed by atoms with Crippen molar-refractivity contribution >= 4 is 17.9 Å². The minimum Gasteiger partial charge on any atom is -0.508 e. The van der Waals surface area contributed by atoms with Gasteiger partial charge in [0.25, 0.3) is 0 Å². The number of benzene rings is 2. The van der Waals surface area contributed by atoms with Gasteiger partial charge in [-0.15, -0.1) is 0 Å². The Morgan fingerprint density at radius 1 is 0.895 bits per heavy atom. The molecule has 0 unspecified atom stereocenters. The van der Waals surface area contributed by atoms with Crippen LogP contribution in [0.3, 0.4) is 0 Å². The number of rotatable bonds is 4. The van der Waals surface area contributed by atoms with E-state index >= 15 is 0 Å². The van der Waals surface area contributed by atoms with Crippen molar-refractivity contribution in [2.45, 2.75) is 0 Å². The Bertz CT molecular complexity index is 641. The predicted octanol–water partition coefficient (Wildman–Crippen LogP) is 2.27. The van der Waals surface area contributed by atoms with Gasteiger partial charge in [0.15, 0.2) is 0 Å². The predicted molar refractivity (Wildman–Crippen MR) is 68.6 cm³/mol. The molecule has 0 amide bonds. The van der Waals surface area contributed by atoms with Crippen molar-refractivity contribution < 1.29 is 19.5 Å². The van der Waals surface area contributed by atoms with E-state index in [1.54, 1.807) is 12.1 Å². The lowest BCUT2D eigenvalue weighted by Gasteiger charge is -2.01. The van der Waals surface area contributed by atoms with Gasteiger partial charge < -0.3 is 5.11 Å². The lowest BCUT2D eigenvalue weighted by atomic mass is 10.0. The van der Waals surface area contributed by atoms with Gasteiger partial charge in [0.05, 0.1) is 0 Å². The van der Waals surface area contributed by atoms with Gasteiger partial charge in [0.1, 0.15) is 12.0 Å². The van der Waals surface area contributed by atoms with E-state index in [1.807, 2.05) is 0 Å². The topological polar surface area (TPSA) is 71.4 Å². The molecule has 19 heavy (non-hydrogen) atoms. The van der Waals surface area contributed by atoms with Crippen molar-refractivity contribution in [1.29, 1.82) is 0 Å². The zero-order valence-corrected chi connectivity index (χ0v) is 9.87. The molecule has 0 heterocycles. The van der Waals surface area contributed by atoms with Gasteiger partial charge in [0, 0.05) is 16.7 Å². The van der Waals surface area contributed by atoms with Crippen molar-refractivity contribution in [1.82, 2.24) is 0 Å². The van der Waals surface area contributed by atoms with E-state index in [1.165, 1.54) is 36.4 Å². The Morgan fingerprint density at radius 2 is 1.53 bits per heavy atom. The van der Waals surface area contributed by atoms with Crippen molar-refractivity contribution in [3.63, 3.8) is 0 Å². The third-order valence-electron chi connectivity index (χ3n) is 2.62. The molecule has 0 aliphatic carbocycles. The molecule has 2 aromatic rings.